The minimum absolute atomic E-state index is 0.243. The molecule has 1 unspecified atom stereocenters. The fourth-order valence-electron chi connectivity index (χ4n) is 1.88. The number of rotatable bonds is 3. The summed E-state index contributed by atoms with van der Waals surface area (Å²) in [5.74, 6) is -0.403. The molecule has 2 rings (SSSR count). The van der Waals surface area contributed by atoms with Gasteiger partial charge in [-0.3, -0.25) is 9.67 Å². The van der Waals surface area contributed by atoms with E-state index in [1.807, 2.05) is 6.92 Å². The fraction of sp³-hybridized carbons (Fsp3) is 0.333. The van der Waals surface area contributed by atoms with Crippen LogP contribution in [0.5, 0.6) is 0 Å². The van der Waals surface area contributed by atoms with Crippen LogP contribution < -0.4 is 5.73 Å². The van der Waals surface area contributed by atoms with Gasteiger partial charge in [-0.2, -0.15) is 5.10 Å². The first-order valence-electron chi connectivity index (χ1n) is 5.54. The lowest BCUT2D eigenvalue weighted by atomic mass is 10.1. The highest BCUT2D eigenvalue weighted by atomic mass is 35.5. The van der Waals surface area contributed by atoms with Gasteiger partial charge < -0.3 is 5.73 Å². The topological polar surface area (TPSA) is 56.7 Å². The maximum absolute atomic E-state index is 13.6. The zero-order valence-electron chi connectivity index (χ0n) is 10.2. The molecule has 0 aliphatic carbocycles. The molecule has 2 aromatic heterocycles. The van der Waals surface area contributed by atoms with Gasteiger partial charge in [-0.15, -0.1) is 0 Å². The van der Waals surface area contributed by atoms with Gasteiger partial charge in [-0.25, -0.2) is 4.39 Å². The van der Waals surface area contributed by atoms with Gasteiger partial charge >= 0.3 is 0 Å². The molecule has 96 valence electrons. The van der Waals surface area contributed by atoms with E-state index in [1.54, 1.807) is 11.7 Å². The maximum Gasteiger partial charge on any atom is 0.146 e. The Labute approximate surface area is 110 Å². The molecule has 4 nitrogen and oxygen atoms in total. The predicted octanol–water partition coefficient (Wildman–Crippen LogP) is 2.16. The third-order valence-corrected chi connectivity index (χ3v) is 3.30. The Hall–Kier alpha value is -1.46. The number of nitrogens with two attached hydrogens (primary N) is 1. The molecule has 6 heteroatoms. The van der Waals surface area contributed by atoms with Crippen LogP contribution in [0.1, 0.15) is 23.1 Å². The molecular weight excluding hydrogens is 255 g/mol. The molecule has 2 aromatic rings. The number of aryl methyl sites for hydroxylation is 2. The number of nitrogens with zero attached hydrogens (tertiary/aromatic N) is 3. The second-order valence-corrected chi connectivity index (χ2v) is 4.53. The molecule has 2 heterocycles. The van der Waals surface area contributed by atoms with Gasteiger partial charge in [0.15, 0.2) is 0 Å². The van der Waals surface area contributed by atoms with Crippen molar-refractivity contribution in [2.75, 3.05) is 0 Å². The van der Waals surface area contributed by atoms with Crippen molar-refractivity contribution in [2.24, 2.45) is 12.8 Å². The molecule has 0 saturated heterocycles. The van der Waals surface area contributed by atoms with Gasteiger partial charge in [-0.1, -0.05) is 11.6 Å². The van der Waals surface area contributed by atoms with Crippen molar-refractivity contribution in [3.8, 4) is 0 Å². The summed E-state index contributed by atoms with van der Waals surface area (Å²) in [6.45, 7) is 1.82. The summed E-state index contributed by atoms with van der Waals surface area (Å²) in [6.07, 6.45) is 1.92. The summed E-state index contributed by atoms with van der Waals surface area (Å²) in [4.78, 5) is 3.97. The molecule has 0 aliphatic rings. The second-order valence-electron chi connectivity index (χ2n) is 4.15. The molecule has 0 spiro atoms. The molecule has 0 aliphatic heterocycles. The van der Waals surface area contributed by atoms with E-state index >= 15 is 0 Å². The summed E-state index contributed by atoms with van der Waals surface area (Å²) < 4.78 is 15.2. The molecule has 18 heavy (non-hydrogen) atoms. The van der Waals surface area contributed by atoms with Crippen LogP contribution in [0.3, 0.4) is 0 Å². The van der Waals surface area contributed by atoms with Gasteiger partial charge in [0.05, 0.1) is 28.1 Å². The third-order valence-electron chi connectivity index (χ3n) is 2.81. The van der Waals surface area contributed by atoms with E-state index in [0.717, 1.165) is 11.4 Å². The minimum Gasteiger partial charge on any atom is -0.322 e. The van der Waals surface area contributed by atoms with Crippen molar-refractivity contribution in [2.45, 2.75) is 19.4 Å². The first-order valence-corrected chi connectivity index (χ1v) is 5.92. The van der Waals surface area contributed by atoms with Crippen molar-refractivity contribution in [3.05, 3.63) is 46.3 Å². The molecule has 0 fully saturated rings. The normalized spacial score (nSPS) is 12.7. The first kappa shape index (κ1) is 13.0. The minimum atomic E-state index is -0.543. The number of pyridine rings is 1. The molecule has 0 radical (unpaired) electrons. The summed E-state index contributed by atoms with van der Waals surface area (Å²) in [5.41, 5.74) is 7.74. The Balaban J connectivity index is 2.27. The summed E-state index contributed by atoms with van der Waals surface area (Å²) >= 11 is 6.13. The largest absolute Gasteiger partial charge is 0.322 e. The smallest absolute Gasteiger partial charge is 0.146 e. The molecule has 2 N–H and O–H groups in total. The van der Waals surface area contributed by atoms with Crippen LogP contribution in [-0.4, -0.2) is 14.8 Å². The number of hydrogen-bond acceptors (Lipinski definition) is 3. The van der Waals surface area contributed by atoms with E-state index in [2.05, 4.69) is 10.1 Å². The average molecular weight is 269 g/mol. The molecular formula is C12H14ClFN4. The SMILES string of the molecule is Cc1nn(C)c(CC(N)c2ncccc2F)c1Cl. The van der Waals surface area contributed by atoms with Crippen molar-refractivity contribution < 1.29 is 4.39 Å². The molecule has 0 amide bonds. The first-order chi connectivity index (χ1) is 8.50. The molecule has 0 bridgehead atoms. The Morgan fingerprint density at radius 2 is 2.28 bits per heavy atom. The van der Waals surface area contributed by atoms with Crippen LogP contribution in [0.2, 0.25) is 5.02 Å². The van der Waals surface area contributed by atoms with Gasteiger partial charge in [0.2, 0.25) is 0 Å². The van der Waals surface area contributed by atoms with E-state index in [-0.39, 0.29) is 5.69 Å². The second kappa shape index (κ2) is 5.04. The highest BCUT2D eigenvalue weighted by Gasteiger charge is 2.18. The van der Waals surface area contributed by atoms with E-state index in [0.29, 0.717) is 11.4 Å². The Morgan fingerprint density at radius 3 is 2.83 bits per heavy atom. The quantitative estimate of drug-likeness (QED) is 0.928. The zero-order chi connectivity index (χ0) is 13.3. The van der Waals surface area contributed by atoms with E-state index < -0.39 is 11.9 Å². The van der Waals surface area contributed by atoms with Crippen LogP contribution >= 0.6 is 11.6 Å². The van der Waals surface area contributed by atoms with Crippen LogP contribution in [0.4, 0.5) is 4.39 Å². The lowest BCUT2D eigenvalue weighted by Crippen LogP contribution is -2.18. The van der Waals surface area contributed by atoms with Crippen molar-refractivity contribution in [1.29, 1.82) is 0 Å². The van der Waals surface area contributed by atoms with E-state index in [9.17, 15) is 4.39 Å². The average Bonchev–Trinajstić information content (AvgIpc) is 2.56. The number of halogens is 2. The summed E-state index contributed by atoms with van der Waals surface area (Å²) in [5, 5.41) is 4.77. The fourth-order valence-corrected chi connectivity index (χ4v) is 2.11. The Bertz CT molecular complexity index is 567. The van der Waals surface area contributed by atoms with E-state index in [4.69, 9.17) is 17.3 Å². The highest BCUT2D eigenvalue weighted by Crippen LogP contribution is 2.24. The van der Waals surface area contributed by atoms with Gasteiger partial charge in [0, 0.05) is 19.7 Å². The van der Waals surface area contributed by atoms with Gasteiger partial charge in [0.25, 0.3) is 0 Å². The molecule has 1 atom stereocenters. The van der Waals surface area contributed by atoms with Crippen molar-refractivity contribution >= 4 is 11.6 Å². The Kier molecular flexibility index (Phi) is 3.63. The van der Waals surface area contributed by atoms with Gasteiger partial charge in [0.1, 0.15) is 5.82 Å². The number of hydrogen-bond donors (Lipinski definition) is 1. The molecule has 0 saturated carbocycles. The standard InChI is InChI=1S/C12H14ClFN4/c1-7-11(13)10(18(2)17-7)6-9(15)12-8(14)4-3-5-16-12/h3-5,9H,6,15H2,1-2H3. The third kappa shape index (κ3) is 2.37. The van der Waals surface area contributed by atoms with Crippen molar-refractivity contribution in [1.82, 2.24) is 14.8 Å². The zero-order valence-corrected chi connectivity index (χ0v) is 10.9. The highest BCUT2D eigenvalue weighted by molar-refractivity contribution is 6.31. The van der Waals surface area contributed by atoms with Crippen LogP contribution in [-0.2, 0) is 13.5 Å². The van der Waals surface area contributed by atoms with Crippen LogP contribution in [0, 0.1) is 12.7 Å². The van der Waals surface area contributed by atoms with Crippen LogP contribution in [0.25, 0.3) is 0 Å². The van der Waals surface area contributed by atoms with E-state index in [1.165, 1.54) is 18.3 Å². The summed E-state index contributed by atoms with van der Waals surface area (Å²) in [6, 6.07) is 2.34. The van der Waals surface area contributed by atoms with Gasteiger partial charge in [-0.05, 0) is 19.1 Å². The lowest BCUT2D eigenvalue weighted by molar-refractivity contribution is 0.553. The lowest BCUT2D eigenvalue weighted by Gasteiger charge is -2.12. The van der Waals surface area contributed by atoms with Crippen LogP contribution in [0.15, 0.2) is 18.3 Å². The monoisotopic (exact) mass is 268 g/mol. The number of aromatic nitrogens is 3. The predicted molar refractivity (Wildman–Crippen MR) is 67.8 cm³/mol. The van der Waals surface area contributed by atoms with Crippen molar-refractivity contribution in [3.63, 3.8) is 0 Å². The summed E-state index contributed by atoms with van der Waals surface area (Å²) in [7, 11) is 1.79. The Morgan fingerprint density at radius 1 is 1.56 bits per heavy atom. The maximum atomic E-state index is 13.6. The molecule has 0 aromatic carbocycles.